The molecule has 1 aromatic heterocycles. The molecular formula is C20H34Cl3N5O. The van der Waals surface area contributed by atoms with E-state index in [1.807, 2.05) is 29.0 Å². The highest BCUT2D eigenvalue weighted by Gasteiger charge is 2.16. The monoisotopic (exact) mass is 465 g/mol. The number of carbonyl (C=O) groups excluding carboxylic acids is 1. The fraction of sp³-hybridized carbons (Fsp3) is 0.500. The maximum absolute atomic E-state index is 12.2. The normalized spacial score (nSPS) is 12.2. The molecule has 0 aliphatic rings. The van der Waals surface area contributed by atoms with Gasteiger partial charge in [-0.3, -0.25) is 4.79 Å². The smallest absolute Gasteiger partial charge is 0.237 e. The fourth-order valence-corrected chi connectivity index (χ4v) is 2.73. The lowest BCUT2D eigenvalue weighted by molar-refractivity contribution is -0.122. The summed E-state index contributed by atoms with van der Waals surface area (Å²) in [4.78, 5) is 18.8. The van der Waals surface area contributed by atoms with Gasteiger partial charge in [-0.15, -0.1) is 37.2 Å². The summed E-state index contributed by atoms with van der Waals surface area (Å²) in [5.74, 6) is -0.125. The molecule has 2 rings (SSSR count). The summed E-state index contributed by atoms with van der Waals surface area (Å²) in [6.45, 7) is 6.53. The molecule has 0 saturated heterocycles. The van der Waals surface area contributed by atoms with Crippen molar-refractivity contribution in [1.29, 1.82) is 0 Å². The number of nitrogens with one attached hydrogen (secondary N) is 1. The van der Waals surface area contributed by atoms with Gasteiger partial charge in [0.25, 0.3) is 0 Å². The summed E-state index contributed by atoms with van der Waals surface area (Å²) in [5, 5.41) is 2.92. The standard InChI is InChI=1S/C20H31N5O.3ClH/c1-4-16(2)24(3)11-10-22-20(26)19(21)12-18-14-25(15-23-18)13-17-8-6-5-7-9-17;;;/h5-9,14-16,19H,4,10-13,21H2,1-3H3,(H,22,26);3*1H/t16?,19-;;;/m0.../s1. The predicted molar refractivity (Wildman–Crippen MR) is 127 cm³/mol. The Morgan fingerprint density at radius 2 is 1.90 bits per heavy atom. The molecule has 0 fully saturated rings. The highest BCUT2D eigenvalue weighted by molar-refractivity contribution is 5.86. The minimum atomic E-state index is -0.580. The topological polar surface area (TPSA) is 76.2 Å². The highest BCUT2D eigenvalue weighted by Crippen LogP contribution is 2.05. The Morgan fingerprint density at radius 3 is 2.52 bits per heavy atom. The first kappa shape index (κ1) is 29.9. The molecule has 1 amide bonds. The van der Waals surface area contributed by atoms with Crippen LogP contribution >= 0.6 is 37.2 Å². The second-order valence-electron chi connectivity index (χ2n) is 6.86. The van der Waals surface area contributed by atoms with Gasteiger partial charge in [0.15, 0.2) is 0 Å². The second kappa shape index (κ2) is 15.5. The van der Waals surface area contributed by atoms with Crippen LogP contribution in [-0.4, -0.2) is 52.6 Å². The van der Waals surface area contributed by atoms with Crippen molar-refractivity contribution < 1.29 is 4.79 Å². The maximum Gasteiger partial charge on any atom is 0.237 e. The van der Waals surface area contributed by atoms with Crippen molar-refractivity contribution in [3.8, 4) is 0 Å². The second-order valence-corrected chi connectivity index (χ2v) is 6.86. The lowest BCUT2D eigenvalue weighted by Gasteiger charge is -2.23. The molecule has 0 spiro atoms. The number of rotatable bonds is 10. The summed E-state index contributed by atoms with van der Waals surface area (Å²) in [6.07, 6.45) is 5.27. The van der Waals surface area contributed by atoms with Crippen LogP contribution in [0.2, 0.25) is 0 Å². The van der Waals surface area contributed by atoms with E-state index in [-0.39, 0.29) is 43.1 Å². The largest absolute Gasteiger partial charge is 0.353 e. The van der Waals surface area contributed by atoms with E-state index >= 15 is 0 Å². The van der Waals surface area contributed by atoms with Crippen molar-refractivity contribution in [3.63, 3.8) is 0 Å². The minimum Gasteiger partial charge on any atom is -0.353 e. The number of nitrogens with two attached hydrogens (primary N) is 1. The van der Waals surface area contributed by atoms with Gasteiger partial charge in [-0.05, 0) is 26.0 Å². The first-order valence-corrected chi connectivity index (χ1v) is 9.27. The number of hydrogen-bond donors (Lipinski definition) is 2. The molecule has 0 aliphatic carbocycles. The Hall–Kier alpha value is -1.31. The van der Waals surface area contributed by atoms with E-state index < -0.39 is 6.04 Å². The Bertz CT molecular complexity index is 684. The highest BCUT2D eigenvalue weighted by atomic mass is 35.5. The van der Waals surface area contributed by atoms with E-state index in [4.69, 9.17) is 5.73 Å². The van der Waals surface area contributed by atoms with Crippen LogP contribution in [0.3, 0.4) is 0 Å². The number of benzene rings is 1. The van der Waals surface area contributed by atoms with E-state index in [2.05, 4.69) is 48.2 Å². The van der Waals surface area contributed by atoms with Gasteiger partial charge in [-0.1, -0.05) is 37.3 Å². The van der Waals surface area contributed by atoms with Crippen LogP contribution in [0, 0.1) is 0 Å². The van der Waals surface area contributed by atoms with E-state index in [1.165, 1.54) is 5.56 Å². The van der Waals surface area contributed by atoms with Crippen molar-refractivity contribution in [2.45, 2.75) is 45.3 Å². The molecule has 0 saturated carbocycles. The summed E-state index contributed by atoms with van der Waals surface area (Å²) in [7, 11) is 2.07. The molecule has 0 radical (unpaired) electrons. The Balaban J connectivity index is 0. The lowest BCUT2D eigenvalue weighted by atomic mass is 10.1. The number of halogens is 3. The molecule has 1 aromatic carbocycles. The molecule has 0 bridgehead atoms. The number of aromatic nitrogens is 2. The molecule has 166 valence electrons. The molecule has 3 N–H and O–H groups in total. The van der Waals surface area contributed by atoms with E-state index in [0.29, 0.717) is 19.0 Å². The average molecular weight is 467 g/mol. The Morgan fingerprint density at radius 1 is 1.24 bits per heavy atom. The van der Waals surface area contributed by atoms with Gasteiger partial charge in [0, 0.05) is 38.3 Å². The Kier molecular flexibility index (Phi) is 16.0. The van der Waals surface area contributed by atoms with Gasteiger partial charge in [0.05, 0.1) is 18.1 Å². The van der Waals surface area contributed by atoms with Crippen molar-refractivity contribution in [3.05, 3.63) is 54.1 Å². The zero-order valence-corrected chi connectivity index (χ0v) is 19.7. The molecule has 0 aliphatic heterocycles. The molecule has 6 nitrogen and oxygen atoms in total. The number of likely N-dealkylation sites (N-methyl/N-ethyl adjacent to an activating group) is 1. The van der Waals surface area contributed by atoms with Crippen LogP contribution in [0.25, 0.3) is 0 Å². The molecule has 29 heavy (non-hydrogen) atoms. The first-order valence-electron chi connectivity index (χ1n) is 9.27. The third-order valence-corrected chi connectivity index (χ3v) is 4.77. The Labute approximate surface area is 192 Å². The third-order valence-electron chi connectivity index (χ3n) is 4.77. The number of amides is 1. The molecule has 2 aromatic rings. The van der Waals surface area contributed by atoms with Gasteiger partial charge < -0.3 is 20.5 Å². The van der Waals surface area contributed by atoms with Gasteiger partial charge in [-0.2, -0.15) is 0 Å². The number of imidazole rings is 1. The van der Waals surface area contributed by atoms with Crippen LogP contribution in [0.5, 0.6) is 0 Å². The fourth-order valence-electron chi connectivity index (χ4n) is 2.73. The van der Waals surface area contributed by atoms with Crippen LogP contribution in [0.15, 0.2) is 42.9 Å². The SMILES string of the molecule is CCC(C)N(C)CCNC(=O)[C@@H](N)Cc1cn(Cc2ccccc2)cn1.Cl.Cl.Cl. The van der Waals surface area contributed by atoms with Crippen LogP contribution < -0.4 is 11.1 Å². The molecule has 1 heterocycles. The lowest BCUT2D eigenvalue weighted by Crippen LogP contribution is -2.45. The van der Waals surface area contributed by atoms with E-state index in [9.17, 15) is 4.79 Å². The van der Waals surface area contributed by atoms with Crippen LogP contribution in [-0.2, 0) is 17.8 Å². The van der Waals surface area contributed by atoms with Gasteiger partial charge >= 0.3 is 0 Å². The molecular weight excluding hydrogens is 433 g/mol. The minimum absolute atomic E-state index is 0. The van der Waals surface area contributed by atoms with E-state index in [0.717, 1.165) is 25.2 Å². The maximum atomic E-state index is 12.2. The van der Waals surface area contributed by atoms with Crippen LogP contribution in [0.1, 0.15) is 31.5 Å². The predicted octanol–water partition coefficient (Wildman–Crippen LogP) is 2.91. The number of hydrogen-bond acceptors (Lipinski definition) is 4. The summed E-state index contributed by atoms with van der Waals surface area (Å²) >= 11 is 0. The zero-order valence-electron chi connectivity index (χ0n) is 17.3. The van der Waals surface area contributed by atoms with Crippen molar-refractivity contribution in [2.75, 3.05) is 20.1 Å². The van der Waals surface area contributed by atoms with Gasteiger partial charge in [0.2, 0.25) is 5.91 Å². The molecule has 1 unspecified atom stereocenters. The molecule has 9 heteroatoms. The summed E-state index contributed by atoms with van der Waals surface area (Å²) in [6, 6.07) is 10.1. The molecule has 2 atom stereocenters. The first-order chi connectivity index (χ1) is 12.5. The summed E-state index contributed by atoms with van der Waals surface area (Å²) < 4.78 is 2.01. The van der Waals surface area contributed by atoms with Gasteiger partial charge in [-0.25, -0.2) is 4.98 Å². The number of carbonyl (C=O) groups is 1. The number of nitrogens with zero attached hydrogens (tertiary/aromatic N) is 3. The third kappa shape index (κ3) is 10.3. The van der Waals surface area contributed by atoms with Crippen molar-refractivity contribution in [2.24, 2.45) is 5.73 Å². The summed E-state index contributed by atoms with van der Waals surface area (Å²) in [5.41, 5.74) is 8.08. The van der Waals surface area contributed by atoms with Crippen LogP contribution in [0.4, 0.5) is 0 Å². The van der Waals surface area contributed by atoms with Gasteiger partial charge in [0.1, 0.15) is 0 Å². The van der Waals surface area contributed by atoms with E-state index in [1.54, 1.807) is 6.33 Å². The average Bonchev–Trinajstić information content (AvgIpc) is 3.08. The zero-order chi connectivity index (χ0) is 18.9. The van der Waals surface area contributed by atoms with Crippen molar-refractivity contribution in [1.82, 2.24) is 19.8 Å². The quantitative estimate of drug-likeness (QED) is 0.564. The van der Waals surface area contributed by atoms with Crippen molar-refractivity contribution >= 4 is 43.1 Å².